The lowest BCUT2D eigenvalue weighted by atomic mass is 10.2. The molecule has 0 aliphatic heterocycles. The number of nitrogen functional groups attached to an aromatic ring is 1. The molecular formula is C13H7BrF2IN3. The maximum absolute atomic E-state index is 14.1. The van der Waals surface area contributed by atoms with Crippen LogP contribution < -0.4 is 5.73 Å². The van der Waals surface area contributed by atoms with Gasteiger partial charge in [0.05, 0.1) is 20.3 Å². The number of rotatable bonds is 1. The fourth-order valence-electron chi connectivity index (χ4n) is 2.03. The highest BCUT2D eigenvalue weighted by molar-refractivity contribution is 14.1. The molecule has 102 valence electrons. The summed E-state index contributed by atoms with van der Waals surface area (Å²) in [5.41, 5.74) is 7.02. The van der Waals surface area contributed by atoms with Crippen LogP contribution in [0.3, 0.4) is 0 Å². The van der Waals surface area contributed by atoms with Gasteiger partial charge in [0.25, 0.3) is 0 Å². The second-order valence-corrected chi connectivity index (χ2v) is 6.15. The van der Waals surface area contributed by atoms with Gasteiger partial charge in [0.1, 0.15) is 11.6 Å². The zero-order chi connectivity index (χ0) is 14.4. The first-order valence-electron chi connectivity index (χ1n) is 5.56. The van der Waals surface area contributed by atoms with Crippen LogP contribution in [-0.2, 0) is 0 Å². The summed E-state index contributed by atoms with van der Waals surface area (Å²) in [5, 5.41) is 0. The number of nitrogens with zero attached hydrogens (tertiary/aromatic N) is 2. The van der Waals surface area contributed by atoms with Crippen LogP contribution in [0.4, 0.5) is 14.7 Å². The topological polar surface area (TPSA) is 43.8 Å². The molecule has 3 rings (SSSR count). The van der Waals surface area contributed by atoms with Gasteiger partial charge >= 0.3 is 0 Å². The average Bonchev–Trinajstić information content (AvgIpc) is 2.67. The molecule has 0 aliphatic carbocycles. The molecule has 3 aromatic rings. The summed E-state index contributed by atoms with van der Waals surface area (Å²) in [4.78, 5) is 4.16. The molecule has 0 bridgehead atoms. The molecule has 7 heteroatoms. The maximum atomic E-state index is 14.1. The largest absolute Gasteiger partial charge is 0.369 e. The smallest absolute Gasteiger partial charge is 0.206 e. The van der Waals surface area contributed by atoms with Crippen LogP contribution in [0, 0.1) is 15.2 Å². The molecule has 0 radical (unpaired) electrons. The highest BCUT2D eigenvalue weighted by Gasteiger charge is 2.17. The molecule has 0 spiro atoms. The quantitative estimate of drug-likeness (QED) is 0.564. The summed E-state index contributed by atoms with van der Waals surface area (Å²) in [7, 11) is 0. The molecule has 0 aliphatic rings. The molecule has 0 amide bonds. The van der Waals surface area contributed by atoms with Crippen molar-refractivity contribution in [1.82, 2.24) is 9.55 Å². The summed E-state index contributed by atoms with van der Waals surface area (Å²) in [6.45, 7) is 0. The number of anilines is 1. The van der Waals surface area contributed by atoms with Crippen molar-refractivity contribution < 1.29 is 8.78 Å². The molecule has 0 fully saturated rings. The predicted octanol–water partition coefficient (Wildman–Crippen LogP) is 4.25. The highest BCUT2D eigenvalue weighted by Crippen LogP contribution is 2.31. The van der Waals surface area contributed by atoms with Crippen molar-refractivity contribution in [2.24, 2.45) is 0 Å². The average molecular weight is 450 g/mol. The van der Waals surface area contributed by atoms with Crippen molar-refractivity contribution in [2.45, 2.75) is 0 Å². The Morgan fingerprint density at radius 2 is 1.95 bits per heavy atom. The summed E-state index contributed by atoms with van der Waals surface area (Å²) in [5.74, 6) is -0.761. The van der Waals surface area contributed by atoms with Crippen molar-refractivity contribution in [1.29, 1.82) is 0 Å². The molecule has 0 atom stereocenters. The number of halogens is 4. The molecule has 0 saturated carbocycles. The Balaban J connectivity index is 2.42. The second-order valence-electron chi connectivity index (χ2n) is 4.13. The first kappa shape index (κ1) is 13.7. The number of aromatic nitrogens is 2. The molecule has 1 heterocycles. The van der Waals surface area contributed by atoms with Crippen LogP contribution in [0.25, 0.3) is 16.7 Å². The minimum atomic E-state index is -0.468. The fraction of sp³-hybridized carbons (Fsp3) is 0. The van der Waals surface area contributed by atoms with Crippen molar-refractivity contribution in [3.05, 3.63) is 50.0 Å². The third-order valence-corrected chi connectivity index (χ3v) is 4.35. The van der Waals surface area contributed by atoms with E-state index >= 15 is 0 Å². The zero-order valence-electron chi connectivity index (χ0n) is 9.87. The Morgan fingerprint density at radius 1 is 1.20 bits per heavy atom. The maximum Gasteiger partial charge on any atom is 0.206 e. The van der Waals surface area contributed by atoms with Crippen molar-refractivity contribution >= 4 is 55.5 Å². The number of nitrogens with two attached hydrogens (primary N) is 1. The van der Waals surface area contributed by atoms with E-state index in [1.54, 1.807) is 18.2 Å². The first-order valence-corrected chi connectivity index (χ1v) is 7.43. The molecular weight excluding hydrogens is 443 g/mol. The monoisotopic (exact) mass is 449 g/mol. The first-order chi connectivity index (χ1) is 9.49. The number of hydrogen-bond donors (Lipinski definition) is 1. The molecule has 1 aromatic heterocycles. The van der Waals surface area contributed by atoms with Crippen LogP contribution in [0.1, 0.15) is 0 Å². The Bertz CT molecular complexity index is 812. The molecule has 2 N–H and O–H groups in total. The third-order valence-electron chi connectivity index (χ3n) is 2.88. The number of imidazole rings is 1. The number of para-hydroxylation sites is 1. The normalized spacial score (nSPS) is 11.2. The second kappa shape index (κ2) is 4.96. The summed E-state index contributed by atoms with van der Waals surface area (Å²) in [6.07, 6.45) is 0. The minimum absolute atomic E-state index is 0.104. The number of hydrogen-bond acceptors (Lipinski definition) is 2. The summed E-state index contributed by atoms with van der Waals surface area (Å²) >= 11 is 5.16. The van der Waals surface area contributed by atoms with E-state index in [-0.39, 0.29) is 11.6 Å². The Hall–Kier alpha value is -1.22. The van der Waals surface area contributed by atoms with Crippen molar-refractivity contribution in [3.63, 3.8) is 0 Å². The predicted molar refractivity (Wildman–Crippen MR) is 85.8 cm³/mol. The Kier molecular flexibility index (Phi) is 3.41. The number of fused-ring (bicyclic) bond motifs is 1. The van der Waals surface area contributed by atoms with Gasteiger partial charge in [-0.3, -0.25) is 4.57 Å². The van der Waals surface area contributed by atoms with E-state index in [1.165, 1.54) is 16.7 Å². The van der Waals surface area contributed by atoms with Gasteiger partial charge in [0, 0.05) is 10.5 Å². The van der Waals surface area contributed by atoms with Gasteiger partial charge in [-0.25, -0.2) is 13.8 Å². The number of benzene rings is 2. The van der Waals surface area contributed by atoms with Crippen LogP contribution in [0.15, 0.2) is 34.8 Å². The van der Waals surface area contributed by atoms with E-state index in [2.05, 4.69) is 20.9 Å². The molecule has 0 saturated heterocycles. The van der Waals surface area contributed by atoms with Gasteiger partial charge in [0.2, 0.25) is 5.95 Å². The lowest BCUT2D eigenvalue weighted by Crippen LogP contribution is -2.04. The van der Waals surface area contributed by atoms with Gasteiger partial charge in [-0.1, -0.05) is 6.07 Å². The fourth-order valence-corrected chi connectivity index (χ4v) is 3.00. The van der Waals surface area contributed by atoms with E-state index < -0.39 is 11.6 Å². The molecule has 2 aromatic carbocycles. The van der Waals surface area contributed by atoms with E-state index in [1.807, 2.05) is 22.6 Å². The molecule has 20 heavy (non-hydrogen) atoms. The summed E-state index contributed by atoms with van der Waals surface area (Å²) in [6, 6.07) is 7.45. The van der Waals surface area contributed by atoms with Crippen LogP contribution in [0.2, 0.25) is 0 Å². The highest BCUT2D eigenvalue weighted by atomic mass is 127. The zero-order valence-corrected chi connectivity index (χ0v) is 13.6. The van der Waals surface area contributed by atoms with Crippen molar-refractivity contribution in [2.75, 3.05) is 5.73 Å². The van der Waals surface area contributed by atoms with Crippen molar-refractivity contribution in [3.8, 4) is 5.69 Å². The Morgan fingerprint density at radius 3 is 2.65 bits per heavy atom. The Labute approximate surface area is 135 Å². The van der Waals surface area contributed by atoms with E-state index in [0.29, 0.717) is 19.1 Å². The third kappa shape index (κ3) is 2.08. The summed E-state index contributed by atoms with van der Waals surface area (Å²) < 4.78 is 30.2. The van der Waals surface area contributed by atoms with E-state index in [0.717, 1.165) is 0 Å². The van der Waals surface area contributed by atoms with Gasteiger partial charge in [-0.15, -0.1) is 0 Å². The van der Waals surface area contributed by atoms with Gasteiger partial charge in [-0.2, -0.15) is 0 Å². The van der Waals surface area contributed by atoms with Gasteiger partial charge < -0.3 is 5.73 Å². The van der Waals surface area contributed by atoms with Gasteiger partial charge in [0.15, 0.2) is 0 Å². The standard InChI is InChI=1S/C13H7BrF2IN3/c14-6-2-1-3-7(15)12(6)20-11-4-8(16)9(17)5-10(11)19-13(20)18/h1-5H,(H2,18,19). The molecule has 0 unspecified atom stereocenters. The van der Waals surface area contributed by atoms with Crippen LogP contribution >= 0.6 is 38.5 Å². The molecule has 3 nitrogen and oxygen atoms in total. The van der Waals surface area contributed by atoms with E-state index in [4.69, 9.17) is 5.73 Å². The van der Waals surface area contributed by atoms with Crippen LogP contribution in [0.5, 0.6) is 0 Å². The SMILES string of the molecule is Nc1nc2cc(I)c(F)cc2n1-c1c(F)cccc1Br. The minimum Gasteiger partial charge on any atom is -0.369 e. The van der Waals surface area contributed by atoms with E-state index in [9.17, 15) is 8.78 Å². The van der Waals surface area contributed by atoms with Gasteiger partial charge in [-0.05, 0) is 56.7 Å². The van der Waals surface area contributed by atoms with Crippen LogP contribution in [-0.4, -0.2) is 9.55 Å². The lowest BCUT2D eigenvalue weighted by molar-refractivity contribution is 0.616. The lowest BCUT2D eigenvalue weighted by Gasteiger charge is -2.10.